The zero-order valence-corrected chi connectivity index (χ0v) is 15.0. The number of fused-ring (bicyclic) bond motifs is 1. The molecule has 1 aromatic carbocycles. The molecule has 5 heteroatoms. The van der Waals surface area contributed by atoms with Crippen molar-refractivity contribution in [3.63, 3.8) is 0 Å². The smallest absolute Gasteiger partial charge is 0.245 e. The highest BCUT2D eigenvalue weighted by molar-refractivity contribution is 6.00. The van der Waals surface area contributed by atoms with Crippen LogP contribution in [-0.2, 0) is 9.53 Å². The van der Waals surface area contributed by atoms with E-state index < -0.39 is 5.54 Å². The lowest BCUT2D eigenvalue weighted by Gasteiger charge is -2.65. The number of hydrogen-bond donors (Lipinski definition) is 2. The van der Waals surface area contributed by atoms with E-state index in [2.05, 4.69) is 5.32 Å². The van der Waals surface area contributed by atoms with Gasteiger partial charge in [-0.05, 0) is 50.5 Å². The highest BCUT2D eigenvalue weighted by Gasteiger charge is 2.70. The maximum atomic E-state index is 13.0. The summed E-state index contributed by atoms with van der Waals surface area (Å²) in [7, 11) is 0. The third kappa shape index (κ3) is 2.42. The van der Waals surface area contributed by atoms with Gasteiger partial charge in [0.25, 0.3) is 0 Å². The summed E-state index contributed by atoms with van der Waals surface area (Å²) in [4.78, 5) is 13.0. The number of carbonyl (C=O) groups is 1. The Kier molecular flexibility index (Phi) is 4.34. The largest absolute Gasteiger partial charge is 0.494 e. The number of rotatable bonds is 4. The second kappa shape index (κ2) is 6.05. The van der Waals surface area contributed by atoms with E-state index in [1.807, 2.05) is 45.9 Å². The lowest BCUT2D eigenvalue weighted by atomic mass is 9.46. The van der Waals surface area contributed by atoms with Crippen molar-refractivity contribution in [3.8, 4) is 5.75 Å². The summed E-state index contributed by atoms with van der Waals surface area (Å²) in [5, 5.41) is 3.04. The second-order valence-electron chi connectivity index (χ2n) is 7.49. The fraction of sp³-hybridized carbons (Fsp3) is 0.632. The minimum absolute atomic E-state index is 0.0726. The maximum Gasteiger partial charge on any atom is 0.245 e. The Morgan fingerprint density at radius 3 is 2.88 bits per heavy atom. The van der Waals surface area contributed by atoms with Crippen molar-refractivity contribution >= 4 is 11.6 Å². The van der Waals surface area contributed by atoms with Gasteiger partial charge in [0.2, 0.25) is 5.91 Å². The van der Waals surface area contributed by atoms with Gasteiger partial charge in [0.1, 0.15) is 11.3 Å². The molecule has 3 atom stereocenters. The average molecular weight is 332 g/mol. The Hall–Kier alpha value is -1.59. The van der Waals surface area contributed by atoms with Crippen LogP contribution in [0, 0.1) is 18.3 Å². The summed E-state index contributed by atoms with van der Waals surface area (Å²) in [6.07, 6.45) is 1.98. The van der Waals surface area contributed by atoms with Gasteiger partial charge in [-0.1, -0.05) is 13.8 Å². The van der Waals surface area contributed by atoms with Crippen molar-refractivity contribution in [1.29, 1.82) is 0 Å². The molecule has 0 spiro atoms. The van der Waals surface area contributed by atoms with Crippen LogP contribution < -0.4 is 15.8 Å². The van der Waals surface area contributed by atoms with Gasteiger partial charge in [-0.3, -0.25) is 4.79 Å². The van der Waals surface area contributed by atoms with Gasteiger partial charge in [0.15, 0.2) is 0 Å². The molecule has 3 rings (SSSR count). The van der Waals surface area contributed by atoms with Gasteiger partial charge in [-0.15, -0.1) is 0 Å². The number of nitrogens with one attached hydrogen (secondary N) is 1. The first-order valence-electron chi connectivity index (χ1n) is 8.77. The number of amides is 1. The van der Waals surface area contributed by atoms with Crippen LogP contribution >= 0.6 is 0 Å². The molecule has 0 bridgehead atoms. The summed E-state index contributed by atoms with van der Waals surface area (Å²) in [5.74, 6) is 0.774. The predicted octanol–water partition coefficient (Wildman–Crippen LogP) is 2.86. The zero-order valence-electron chi connectivity index (χ0n) is 15.0. The standard InChI is InChI=1S/C19H28N2O3/c1-5-23-13-8-9-15(12(2)11-13)21-17(22)19(20)14-7-6-10-24-16(14)18(19,3)4/h8-9,11,14,16H,5-7,10,20H2,1-4H3,(H,21,22). The fourth-order valence-corrected chi connectivity index (χ4v) is 4.30. The normalized spacial score (nSPS) is 30.9. The monoisotopic (exact) mass is 332 g/mol. The quantitative estimate of drug-likeness (QED) is 0.889. The maximum absolute atomic E-state index is 13.0. The molecule has 1 aromatic rings. The molecule has 1 saturated heterocycles. The molecule has 1 aliphatic carbocycles. The first kappa shape index (κ1) is 17.2. The minimum Gasteiger partial charge on any atom is -0.494 e. The third-order valence-electron chi connectivity index (χ3n) is 5.82. The van der Waals surface area contributed by atoms with Gasteiger partial charge < -0.3 is 20.5 Å². The van der Waals surface area contributed by atoms with E-state index in [9.17, 15) is 4.79 Å². The molecule has 0 aromatic heterocycles. The van der Waals surface area contributed by atoms with Crippen molar-refractivity contribution in [3.05, 3.63) is 23.8 Å². The van der Waals surface area contributed by atoms with Crippen LogP contribution in [0.2, 0.25) is 0 Å². The van der Waals surface area contributed by atoms with Crippen LogP contribution in [0.4, 0.5) is 5.69 Å². The number of aryl methyl sites for hydroxylation is 1. The van der Waals surface area contributed by atoms with Crippen LogP contribution in [0.5, 0.6) is 5.75 Å². The molecular weight excluding hydrogens is 304 g/mol. The Morgan fingerprint density at radius 2 is 2.21 bits per heavy atom. The number of anilines is 1. The molecule has 132 valence electrons. The van der Waals surface area contributed by atoms with Crippen LogP contribution in [0.15, 0.2) is 18.2 Å². The van der Waals surface area contributed by atoms with E-state index in [1.165, 1.54) is 0 Å². The van der Waals surface area contributed by atoms with Crippen LogP contribution in [-0.4, -0.2) is 30.8 Å². The van der Waals surface area contributed by atoms with Gasteiger partial charge in [0, 0.05) is 23.6 Å². The minimum atomic E-state index is -0.900. The van der Waals surface area contributed by atoms with Gasteiger partial charge in [0.05, 0.1) is 12.7 Å². The number of carbonyl (C=O) groups excluding carboxylic acids is 1. The Balaban J connectivity index is 1.79. The van der Waals surface area contributed by atoms with Crippen LogP contribution in [0.3, 0.4) is 0 Å². The Bertz CT molecular complexity index is 643. The summed E-state index contributed by atoms with van der Waals surface area (Å²) < 4.78 is 11.4. The van der Waals surface area contributed by atoms with Crippen molar-refractivity contribution in [2.24, 2.45) is 17.1 Å². The highest BCUT2D eigenvalue weighted by Crippen LogP contribution is 2.57. The molecule has 2 aliphatic rings. The average Bonchev–Trinajstić information content (AvgIpc) is 2.56. The van der Waals surface area contributed by atoms with E-state index in [0.717, 1.165) is 36.4 Å². The second-order valence-corrected chi connectivity index (χ2v) is 7.49. The molecular formula is C19H28N2O3. The molecule has 1 aliphatic heterocycles. The van der Waals surface area contributed by atoms with E-state index in [-0.39, 0.29) is 23.3 Å². The van der Waals surface area contributed by atoms with Crippen LogP contribution in [0.25, 0.3) is 0 Å². The van der Waals surface area contributed by atoms with E-state index in [0.29, 0.717) is 6.61 Å². The summed E-state index contributed by atoms with van der Waals surface area (Å²) in [6, 6.07) is 5.68. The first-order chi connectivity index (χ1) is 11.3. The first-order valence-corrected chi connectivity index (χ1v) is 8.77. The predicted molar refractivity (Wildman–Crippen MR) is 94.1 cm³/mol. The summed E-state index contributed by atoms with van der Waals surface area (Å²) in [5.41, 5.74) is 7.11. The molecule has 1 amide bonds. The molecule has 1 saturated carbocycles. The lowest BCUT2D eigenvalue weighted by Crippen LogP contribution is -2.81. The third-order valence-corrected chi connectivity index (χ3v) is 5.82. The van der Waals surface area contributed by atoms with E-state index in [1.54, 1.807) is 0 Å². The number of ether oxygens (including phenoxy) is 2. The van der Waals surface area contributed by atoms with Crippen molar-refractivity contribution in [1.82, 2.24) is 0 Å². The molecule has 2 fully saturated rings. The van der Waals surface area contributed by atoms with E-state index in [4.69, 9.17) is 15.2 Å². The topological polar surface area (TPSA) is 73.6 Å². The number of nitrogens with two attached hydrogens (primary N) is 1. The Labute approximate surface area is 143 Å². The molecule has 24 heavy (non-hydrogen) atoms. The lowest BCUT2D eigenvalue weighted by molar-refractivity contribution is -0.222. The van der Waals surface area contributed by atoms with Crippen molar-refractivity contribution in [2.45, 2.75) is 52.2 Å². The van der Waals surface area contributed by atoms with Crippen LogP contribution in [0.1, 0.15) is 39.2 Å². The molecule has 3 unspecified atom stereocenters. The molecule has 3 N–H and O–H groups in total. The zero-order chi connectivity index (χ0) is 17.5. The fourth-order valence-electron chi connectivity index (χ4n) is 4.30. The van der Waals surface area contributed by atoms with Gasteiger partial charge >= 0.3 is 0 Å². The number of hydrogen-bond acceptors (Lipinski definition) is 4. The SMILES string of the molecule is CCOc1ccc(NC(=O)C2(N)C3CCCOC3C2(C)C)c(C)c1. The number of benzene rings is 1. The van der Waals surface area contributed by atoms with Crippen molar-refractivity contribution in [2.75, 3.05) is 18.5 Å². The molecule has 0 radical (unpaired) electrons. The van der Waals surface area contributed by atoms with Gasteiger partial charge in [-0.25, -0.2) is 0 Å². The molecule has 5 nitrogen and oxygen atoms in total. The van der Waals surface area contributed by atoms with Crippen molar-refractivity contribution < 1.29 is 14.3 Å². The molecule has 1 heterocycles. The highest BCUT2D eigenvalue weighted by atomic mass is 16.5. The summed E-state index contributed by atoms with van der Waals surface area (Å²) in [6.45, 7) is 9.35. The van der Waals surface area contributed by atoms with Gasteiger partial charge in [-0.2, -0.15) is 0 Å². The summed E-state index contributed by atoms with van der Waals surface area (Å²) >= 11 is 0. The van der Waals surface area contributed by atoms with E-state index >= 15 is 0 Å². The Morgan fingerprint density at radius 1 is 1.46 bits per heavy atom.